The Hall–Kier alpha value is -2.54. The van der Waals surface area contributed by atoms with Crippen LogP contribution in [0.25, 0.3) is 0 Å². The number of anilines is 1. The van der Waals surface area contributed by atoms with Gasteiger partial charge in [0.2, 0.25) is 10.0 Å². The molecule has 2 aromatic carbocycles. The Labute approximate surface area is 160 Å². The lowest BCUT2D eigenvalue weighted by atomic mass is 10.0. The first-order chi connectivity index (χ1) is 12.8. The van der Waals surface area contributed by atoms with Gasteiger partial charge < -0.3 is 10.1 Å². The molecule has 0 aromatic heterocycles. The monoisotopic (exact) mass is 388 g/mol. The molecule has 3 rings (SSSR count). The molecule has 144 valence electrons. The van der Waals surface area contributed by atoms with Gasteiger partial charge in [-0.25, -0.2) is 8.42 Å². The summed E-state index contributed by atoms with van der Waals surface area (Å²) in [6.45, 7) is 4.32. The largest absolute Gasteiger partial charge is 0.476 e. The van der Waals surface area contributed by atoms with Gasteiger partial charge in [0.25, 0.3) is 5.91 Å². The number of aryl methyl sites for hydroxylation is 1. The number of carbonyl (C=O) groups is 1. The van der Waals surface area contributed by atoms with Crippen molar-refractivity contribution >= 4 is 21.6 Å². The number of fused-ring (bicyclic) bond motifs is 1. The van der Waals surface area contributed by atoms with Crippen LogP contribution in [0, 0.1) is 6.92 Å². The Bertz CT molecular complexity index is 928. The third kappa shape index (κ3) is 4.42. The van der Waals surface area contributed by atoms with Crippen molar-refractivity contribution in [3.63, 3.8) is 0 Å². The van der Waals surface area contributed by atoms with Crippen LogP contribution in [0.3, 0.4) is 0 Å². The number of carbonyl (C=O) groups excluding carboxylic acids is 1. The van der Waals surface area contributed by atoms with Crippen LogP contribution in [-0.2, 0) is 14.8 Å². The number of rotatable bonds is 5. The minimum atomic E-state index is -3.52. The fraction of sp³-hybridized carbons (Fsp3) is 0.350. The number of hydrogen-bond donors (Lipinski definition) is 1. The molecule has 0 fully saturated rings. The van der Waals surface area contributed by atoms with Crippen LogP contribution in [0.1, 0.15) is 24.0 Å². The molecule has 0 spiro atoms. The number of nitrogens with one attached hydrogen (secondary N) is 1. The summed E-state index contributed by atoms with van der Waals surface area (Å²) >= 11 is 0. The van der Waals surface area contributed by atoms with Gasteiger partial charge in [-0.2, -0.15) is 0 Å². The maximum Gasteiger partial charge on any atom is 0.263 e. The van der Waals surface area contributed by atoms with E-state index in [1.807, 2.05) is 50.2 Å². The molecular formula is C20H24N2O4S. The Morgan fingerprint density at radius 1 is 1.26 bits per heavy atom. The van der Waals surface area contributed by atoms with Gasteiger partial charge in [-0.3, -0.25) is 9.10 Å². The van der Waals surface area contributed by atoms with Crippen LogP contribution in [0.5, 0.6) is 5.75 Å². The van der Waals surface area contributed by atoms with E-state index in [0.717, 1.165) is 17.4 Å². The molecule has 1 aliphatic heterocycles. The van der Waals surface area contributed by atoms with E-state index in [1.165, 1.54) is 4.31 Å². The van der Waals surface area contributed by atoms with Crippen molar-refractivity contribution < 1.29 is 17.9 Å². The second kappa shape index (κ2) is 7.60. The fourth-order valence-electron chi connectivity index (χ4n) is 3.08. The molecule has 1 heterocycles. The lowest BCUT2D eigenvalue weighted by Gasteiger charge is -2.34. The van der Waals surface area contributed by atoms with Crippen LogP contribution in [0.2, 0.25) is 0 Å². The zero-order valence-electron chi connectivity index (χ0n) is 15.7. The number of ether oxygens (including phenoxy) is 1. The molecule has 7 heteroatoms. The average Bonchev–Trinajstić information content (AvgIpc) is 2.64. The summed E-state index contributed by atoms with van der Waals surface area (Å²) in [5.41, 5.74) is 2.52. The predicted octanol–water partition coefficient (Wildman–Crippen LogP) is 2.44. The van der Waals surface area contributed by atoms with Crippen molar-refractivity contribution in [3.8, 4) is 5.75 Å². The molecule has 1 aliphatic rings. The van der Waals surface area contributed by atoms with Crippen molar-refractivity contribution in [2.24, 2.45) is 0 Å². The van der Waals surface area contributed by atoms with E-state index in [4.69, 9.17) is 4.74 Å². The highest BCUT2D eigenvalue weighted by Gasteiger charge is 2.35. The number of benzene rings is 2. The molecular weight excluding hydrogens is 364 g/mol. The summed E-state index contributed by atoms with van der Waals surface area (Å²) in [5.74, 6) is 0.223. The smallest absolute Gasteiger partial charge is 0.263 e. The summed E-state index contributed by atoms with van der Waals surface area (Å²) in [5, 5.41) is 2.88. The van der Waals surface area contributed by atoms with Crippen LogP contribution < -0.4 is 14.4 Å². The third-order valence-corrected chi connectivity index (χ3v) is 5.78. The summed E-state index contributed by atoms with van der Waals surface area (Å²) in [4.78, 5) is 12.6. The van der Waals surface area contributed by atoms with E-state index in [0.29, 0.717) is 18.0 Å². The molecule has 6 nitrogen and oxygen atoms in total. The Morgan fingerprint density at radius 3 is 2.63 bits per heavy atom. The van der Waals surface area contributed by atoms with Gasteiger partial charge in [-0.15, -0.1) is 0 Å². The zero-order valence-corrected chi connectivity index (χ0v) is 16.5. The normalized spacial score (nSPS) is 17.6. The predicted molar refractivity (Wildman–Crippen MR) is 106 cm³/mol. The molecule has 0 radical (unpaired) electrons. The summed E-state index contributed by atoms with van der Waals surface area (Å²) < 4.78 is 31.4. The highest BCUT2D eigenvalue weighted by molar-refractivity contribution is 7.92. The summed E-state index contributed by atoms with van der Waals surface area (Å²) in [6, 6.07) is 15.2. The average molecular weight is 388 g/mol. The minimum Gasteiger partial charge on any atom is -0.476 e. The van der Waals surface area contributed by atoms with Crippen molar-refractivity contribution in [3.05, 3.63) is 59.7 Å². The Balaban J connectivity index is 1.74. The molecule has 2 unspecified atom stereocenters. The van der Waals surface area contributed by atoms with E-state index < -0.39 is 16.1 Å². The number of sulfonamides is 1. The summed E-state index contributed by atoms with van der Waals surface area (Å²) in [6.07, 6.45) is 0.242. The highest BCUT2D eigenvalue weighted by Crippen LogP contribution is 2.35. The molecule has 2 atom stereocenters. The first kappa shape index (κ1) is 19.2. The third-order valence-electron chi connectivity index (χ3n) is 4.63. The van der Waals surface area contributed by atoms with E-state index in [-0.39, 0.29) is 18.4 Å². The van der Waals surface area contributed by atoms with Gasteiger partial charge in [0.15, 0.2) is 6.10 Å². The molecule has 27 heavy (non-hydrogen) atoms. The van der Waals surface area contributed by atoms with E-state index in [1.54, 1.807) is 12.1 Å². The van der Waals surface area contributed by atoms with Gasteiger partial charge >= 0.3 is 0 Å². The van der Waals surface area contributed by atoms with E-state index in [9.17, 15) is 13.2 Å². The van der Waals surface area contributed by atoms with Crippen molar-refractivity contribution in [2.75, 3.05) is 23.7 Å². The first-order valence-corrected chi connectivity index (χ1v) is 10.7. The fourth-order valence-corrected chi connectivity index (χ4v) is 3.99. The SMILES string of the molecule is Cc1ccc2c(c1)OC(C(=O)NCC(C)c1ccccc1)CN2S(C)(=O)=O. The second-order valence-electron chi connectivity index (χ2n) is 6.93. The second-order valence-corrected chi connectivity index (χ2v) is 8.84. The zero-order chi connectivity index (χ0) is 19.6. The van der Waals surface area contributed by atoms with Crippen molar-refractivity contribution in [2.45, 2.75) is 25.9 Å². The summed E-state index contributed by atoms with van der Waals surface area (Å²) in [7, 11) is -3.52. The topological polar surface area (TPSA) is 75.7 Å². The van der Waals surface area contributed by atoms with Gasteiger partial charge in [0.05, 0.1) is 18.5 Å². The number of amides is 1. The van der Waals surface area contributed by atoms with Gasteiger partial charge in [-0.05, 0) is 36.1 Å². The molecule has 1 amide bonds. The number of hydrogen-bond acceptors (Lipinski definition) is 4. The van der Waals surface area contributed by atoms with E-state index in [2.05, 4.69) is 5.32 Å². The lowest BCUT2D eigenvalue weighted by Crippen LogP contribution is -2.50. The van der Waals surface area contributed by atoms with E-state index >= 15 is 0 Å². The Morgan fingerprint density at radius 2 is 1.96 bits per heavy atom. The maximum absolute atomic E-state index is 12.6. The van der Waals surface area contributed by atoms with Gasteiger partial charge in [0, 0.05) is 6.54 Å². The molecule has 1 N–H and O–H groups in total. The van der Waals surface area contributed by atoms with Gasteiger partial charge in [0.1, 0.15) is 5.75 Å². The molecule has 0 aliphatic carbocycles. The number of nitrogens with zero attached hydrogens (tertiary/aromatic N) is 1. The van der Waals surface area contributed by atoms with Crippen molar-refractivity contribution in [1.29, 1.82) is 0 Å². The van der Waals surface area contributed by atoms with Crippen LogP contribution in [0.15, 0.2) is 48.5 Å². The first-order valence-electron chi connectivity index (χ1n) is 8.83. The standard InChI is InChI=1S/C20H24N2O4S/c1-14-9-10-17-18(11-14)26-19(13-22(17)27(3,24)25)20(23)21-12-15(2)16-7-5-4-6-8-16/h4-11,15,19H,12-13H2,1-3H3,(H,21,23). The molecule has 0 bridgehead atoms. The quantitative estimate of drug-likeness (QED) is 0.854. The van der Waals surface area contributed by atoms with Crippen LogP contribution in [0.4, 0.5) is 5.69 Å². The molecule has 0 saturated heterocycles. The van der Waals surface area contributed by atoms with Gasteiger partial charge in [-0.1, -0.05) is 43.3 Å². The Kier molecular flexibility index (Phi) is 5.41. The lowest BCUT2D eigenvalue weighted by molar-refractivity contribution is -0.127. The molecule has 0 saturated carbocycles. The molecule has 2 aromatic rings. The van der Waals surface area contributed by atoms with Crippen molar-refractivity contribution in [1.82, 2.24) is 5.32 Å². The highest BCUT2D eigenvalue weighted by atomic mass is 32.2. The van der Waals surface area contributed by atoms with Crippen LogP contribution >= 0.6 is 0 Å². The minimum absolute atomic E-state index is 0.0412. The van der Waals surface area contributed by atoms with Crippen LogP contribution in [-0.4, -0.2) is 39.8 Å². The maximum atomic E-state index is 12.6.